The minimum absolute atomic E-state index is 0.100. The number of aryl methyl sites for hydroxylation is 1. The second-order valence-electron chi connectivity index (χ2n) is 9.54. The van der Waals surface area contributed by atoms with Crippen LogP contribution in [0.5, 0.6) is 0 Å². The Balaban J connectivity index is 1.85. The maximum absolute atomic E-state index is 12.1. The molecule has 5 heteroatoms. The Morgan fingerprint density at radius 3 is 2.41 bits per heavy atom. The number of amides is 1. The molecule has 27 heavy (non-hydrogen) atoms. The molecule has 5 nitrogen and oxygen atoms in total. The first-order valence-corrected chi connectivity index (χ1v) is 9.72. The van der Waals surface area contributed by atoms with Crippen LogP contribution in [0.3, 0.4) is 0 Å². The lowest BCUT2D eigenvalue weighted by Crippen LogP contribution is -2.47. The van der Waals surface area contributed by atoms with Crippen molar-refractivity contribution in [1.29, 1.82) is 0 Å². The maximum Gasteiger partial charge on any atom is 0.331 e. The van der Waals surface area contributed by atoms with Gasteiger partial charge in [0.1, 0.15) is 0 Å². The molecule has 0 radical (unpaired) electrons. The number of ether oxygens (including phenoxy) is 1. The largest absolute Gasteiger partial charge is 0.452 e. The highest BCUT2D eigenvalue weighted by molar-refractivity contribution is 5.89. The Morgan fingerprint density at radius 2 is 1.85 bits per heavy atom. The summed E-state index contributed by atoms with van der Waals surface area (Å²) in [5, 5.41) is 2.94. The molecule has 1 heterocycles. The molecule has 1 aromatic heterocycles. The van der Waals surface area contributed by atoms with Gasteiger partial charge in [0, 0.05) is 29.0 Å². The van der Waals surface area contributed by atoms with Gasteiger partial charge in [-0.3, -0.25) is 4.79 Å². The van der Waals surface area contributed by atoms with E-state index in [0.717, 1.165) is 12.0 Å². The van der Waals surface area contributed by atoms with Crippen LogP contribution in [0.1, 0.15) is 76.9 Å². The van der Waals surface area contributed by atoms with Gasteiger partial charge in [0.2, 0.25) is 0 Å². The lowest BCUT2D eigenvalue weighted by molar-refractivity contribution is -0.144. The first kappa shape index (κ1) is 21.3. The van der Waals surface area contributed by atoms with E-state index in [4.69, 9.17) is 4.74 Å². The van der Waals surface area contributed by atoms with Crippen molar-refractivity contribution in [3.05, 3.63) is 29.1 Å². The highest BCUT2D eigenvalue weighted by Gasteiger charge is 2.28. The van der Waals surface area contributed by atoms with Crippen LogP contribution in [0, 0.1) is 19.3 Å². The van der Waals surface area contributed by atoms with Crippen molar-refractivity contribution in [2.45, 2.75) is 79.3 Å². The molecule has 0 aromatic carbocycles. The van der Waals surface area contributed by atoms with Crippen LogP contribution in [0.15, 0.2) is 12.1 Å². The third-order valence-corrected chi connectivity index (χ3v) is 4.63. The SMILES string of the molecule is Cc1cc(/C=C/C(=O)OCC(=O)NC(C)(C)CC(C)(C)C)c(C)n1C1CC1. The molecule has 150 valence electrons. The zero-order chi connectivity index (χ0) is 20.4. The van der Waals surface area contributed by atoms with E-state index in [-0.39, 0.29) is 23.5 Å². The van der Waals surface area contributed by atoms with Crippen LogP contribution < -0.4 is 5.32 Å². The van der Waals surface area contributed by atoms with Crippen molar-refractivity contribution < 1.29 is 14.3 Å². The highest BCUT2D eigenvalue weighted by atomic mass is 16.5. The number of aromatic nitrogens is 1. The summed E-state index contributed by atoms with van der Waals surface area (Å²) in [5.74, 6) is -0.784. The van der Waals surface area contributed by atoms with Crippen molar-refractivity contribution in [3.8, 4) is 0 Å². The lowest BCUT2D eigenvalue weighted by atomic mass is 9.82. The number of carbonyl (C=O) groups is 2. The summed E-state index contributed by atoms with van der Waals surface area (Å²) < 4.78 is 7.42. The molecule has 1 aliphatic carbocycles. The van der Waals surface area contributed by atoms with Crippen LogP contribution in [0.25, 0.3) is 6.08 Å². The molecular formula is C22H34N2O3. The number of esters is 1. The Kier molecular flexibility index (Phi) is 6.23. The minimum Gasteiger partial charge on any atom is -0.452 e. The topological polar surface area (TPSA) is 60.3 Å². The number of hydrogen-bond donors (Lipinski definition) is 1. The average molecular weight is 375 g/mol. The van der Waals surface area contributed by atoms with Crippen molar-refractivity contribution in [3.63, 3.8) is 0 Å². The smallest absolute Gasteiger partial charge is 0.331 e. The van der Waals surface area contributed by atoms with Crippen LogP contribution >= 0.6 is 0 Å². The molecule has 0 spiro atoms. The predicted octanol–water partition coefficient (Wildman–Crippen LogP) is 4.33. The molecule has 1 fully saturated rings. The number of nitrogens with one attached hydrogen (secondary N) is 1. The molecule has 0 atom stereocenters. The van der Waals surface area contributed by atoms with Gasteiger partial charge in [0.05, 0.1) is 0 Å². The molecule has 0 bridgehead atoms. The van der Waals surface area contributed by atoms with Gasteiger partial charge >= 0.3 is 5.97 Å². The average Bonchev–Trinajstić information content (AvgIpc) is 3.26. The van der Waals surface area contributed by atoms with E-state index in [1.165, 1.54) is 30.3 Å². The molecule has 2 rings (SSSR count). The van der Waals surface area contributed by atoms with E-state index < -0.39 is 5.97 Å². The third-order valence-electron chi connectivity index (χ3n) is 4.63. The standard InChI is InChI=1S/C22H34N2O3/c1-15-12-17(16(2)24(15)18-9-10-18)8-11-20(26)27-13-19(25)23-22(6,7)14-21(3,4)5/h8,11-12,18H,9-10,13-14H2,1-7H3,(H,23,25)/b11-8+. The summed E-state index contributed by atoms with van der Waals surface area (Å²) >= 11 is 0. The van der Waals surface area contributed by atoms with Gasteiger partial charge in [-0.05, 0) is 70.1 Å². The lowest BCUT2D eigenvalue weighted by Gasteiger charge is -2.33. The van der Waals surface area contributed by atoms with Crippen molar-refractivity contribution in [2.24, 2.45) is 5.41 Å². The predicted molar refractivity (Wildman–Crippen MR) is 108 cm³/mol. The van der Waals surface area contributed by atoms with Crippen LogP contribution in [0.2, 0.25) is 0 Å². The number of nitrogens with zero attached hydrogens (tertiary/aromatic N) is 1. The van der Waals surface area contributed by atoms with E-state index in [1.54, 1.807) is 6.08 Å². The normalized spacial score (nSPS) is 15.2. The minimum atomic E-state index is -0.505. The van der Waals surface area contributed by atoms with Crippen molar-refractivity contribution in [2.75, 3.05) is 6.61 Å². The molecule has 1 aromatic rings. The second kappa shape index (κ2) is 7.91. The molecule has 0 saturated heterocycles. The van der Waals surface area contributed by atoms with Crippen molar-refractivity contribution in [1.82, 2.24) is 9.88 Å². The highest BCUT2D eigenvalue weighted by Crippen LogP contribution is 2.38. The van der Waals surface area contributed by atoms with Gasteiger partial charge in [-0.25, -0.2) is 4.79 Å². The number of rotatable bonds is 7. The van der Waals surface area contributed by atoms with Gasteiger partial charge in [-0.2, -0.15) is 0 Å². The first-order chi connectivity index (χ1) is 12.4. The molecule has 0 unspecified atom stereocenters. The fourth-order valence-electron chi connectivity index (χ4n) is 3.99. The number of hydrogen-bond acceptors (Lipinski definition) is 3. The quantitative estimate of drug-likeness (QED) is 0.571. The zero-order valence-electron chi connectivity index (χ0n) is 17.8. The molecule has 1 N–H and O–H groups in total. The van der Waals surface area contributed by atoms with Gasteiger partial charge in [0.25, 0.3) is 5.91 Å². The van der Waals surface area contributed by atoms with Crippen LogP contribution in [0.4, 0.5) is 0 Å². The maximum atomic E-state index is 12.1. The Morgan fingerprint density at radius 1 is 1.22 bits per heavy atom. The Bertz CT molecular complexity index is 731. The molecular weight excluding hydrogens is 340 g/mol. The van der Waals surface area contributed by atoms with E-state index in [0.29, 0.717) is 6.04 Å². The summed E-state index contributed by atoms with van der Waals surface area (Å²) in [6.45, 7) is 14.2. The fourth-order valence-corrected chi connectivity index (χ4v) is 3.99. The zero-order valence-corrected chi connectivity index (χ0v) is 17.8. The van der Waals surface area contributed by atoms with Gasteiger partial charge < -0.3 is 14.6 Å². The fraction of sp³-hybridized carbons (Fsp3) is 0.636. The van der Waals surface area contributed by atoms with Crippen molar-refractivity contribution >= 4 is 18.0 Å². The monoisotopic (exact) mass is 374 g/mol. The van der Waals surface area contributed by atoms with E-state index in [2.05, 4.69) is 50.6 Å². The van der Waals surface area contributed by atoms with Gasteiger partial charge in [-0.1, -0.05) is 20.8 Å². The van der Waals surface area contributed by atoms with Gasteiger partial charge in [-0.15, -0.1) is 0 Å². The second-order valence-corrected chi connectivity index (χ2v) is 9.54. The van der Waals surface area contributed by atoms with E-state index >= 15 is 0 Å². The Labute approximate surface area is 163 Å². The van der Waals surface area contributed by atoms with Crippen LogP contribution in [-0.4, -0.2) is 28.6 Å². The summed E-state index contributed by atoms with van der Waals surface area (Å²) in [6, 6.07) is 2.69. The molecule has 1 aliphatic rings. The summed E-state index contributed by atoms with van der Waals surface area (Å²) in [7, 11) is 0. The summed E-state index contributed by atoms with van der Waals surface area (Å²) in [5.41, 5.74) is 3.15. The van der Waals surface area contributed by atoms with E-state index in [9.17, 15) is 9.59 Å². The first-order valence-electron chi connectivity index (χ1n) is 9.72. The third kappa shape index (κ3) is 6.56. The summed E-state index contributed by atoms with van der Waals surface area (Å²) in [6.07, 6.45) is 6.44. The summed E-state index contributed by atoms with van der Waals surface area (Å²) in [4.78, 5) is 24.1. The van der Waals surface area contributed by atoms with Crippen LogP contribution in [-0.2, 0) is 14.3 Å². The number of carbonyl (C=O) groups excluding carboxylic acids is 2. The Hall–Kier alpha value is -2.04. The molecule has 0 aliphatic heterocycles. The van der Waals surface area contributed by atoms with E-state index in [1.807, 2.05) is 13.8 Å². The molecule has 1 amide bonds. The molecule has 1 saturated carbocycles. The van der Waals surface area contributed by atoms with Gasteiger partial charge in [0.15, 0.2) is 6.61 Å².